The summed E-state index contributed by atoms with van der Waals surface area (Å²) in [5, 5.41) is 54.1. The maximum absolute atomic E-state index is 12.9. The van der Waals surface area contributed by atoms with E-state index in [9.17, 15) is 35.1 Å². The number of nitrogens with one attached hydrogen (secondary N) is 1. The van der Waals surface area contributed by atoms with E-state index in [-0.39, 0.29) is 18.5 Å². The zero-order valence-electron chi connectivity index (χ0n) is 39.6. The van der Waals surface area contributed by atoms with E-state index in [4.69, 9.17) is 14.2 Å². The lowest BCUT2D eigenvalue weighted by molar-refractivity contribution is -0.302. The van der Waals surface area contributed by atoms with E-state index in [1.807, 2.05) is 6.08 Å². The van der Waals surface area contributed by atoms with Crippen molar-refractivity contribution in [3.05, 3.63) is 24.3 Å². The number of aliphatic hydroxyl groups is 5. The molecule has 11 heteroatoms. The van der Waals surface area contributed by atoms with Gasteiger partial charge in [-0.1, -0.05) is 179 Å². The number of carbonyl (C=O) groups excluding carboxylic acids is 2. The van der Waals surface area contributed by atoms with Gasteiger partial charge in [0.1, 0.15) is 24.4 Å². The molecule has 0 saturated carbocycles. The summed E-state index contributed by atoms with van der Waals surface area (Å²) in [6.07, 6.45) is 36.8. The summed E-state index contributed by atoms with van der Waals surface area (Å²) in [5.41, 5.74) is 0. The van der Waals surface area contributed by atoms with Crippen LogP contribution in [0.5, 0.6) is 0 Å². The molecule has 0 aromatic heterocycles. The second-order valence-corrected chi connectivity index (χ2v) is 17.9. The van der Waals surface area contributed by atoms with E-state index < -0.39 is 49.5 Å². The van der Waals surface area contributed by atoms with Crippen LogP contribution in [0.4, 0.5) is 0 Å². The number of esters is 1. The number of amides is 1. The predicted molar refractivity (Wildman–Crippen MR) is 251 cm³/mol. The third-order valence-electron chi connectivity index (χ3n) is 12.1. The molecule has 1 aliphatic heterocycles. The minimum atomic E-state index is -1.58. The summed E-state index contributed by atoms with van der Waals surface area (Å²) in [4.78, 5) is 25.0. The molecule has 1 amide bonds. The number of hydrogen-bond donors (Lipinski definition) is 6. The number of allylic oxidation sites excluding steroid dienone is 3. The minimum Gasteiger partial charge on any atom is -0.466 e. The van der Waals surface area contributed by atoms with Gasteiger partial charge in [-0.25, -0.2) is 0 Å². The monoisotopic (exact) mass is 882 g/mol. The first-order valence-electron chi connectivity index (χ1n) is 25.6. The largest absolute Gasteiger partial charge is 0.466 e. The quantitative estimate of drug-likeness (QED) is 0.0196. The normalized spacial score (nSPS) is 20.3. The molecule has 1 heterocycles. The first-order chi connectivity index (χ1) is 30.2. The van der Waals surface area contributed by atoms with Crippen LogP contribution in [0.2, 0.25) is 0 Å². The number of ether oxygens (including phenoxy) is 3. The fourth-order valence-electron chi connectivity index (χ4n) is 7.90. The number of hydrogen-bond acceptors (Lipinski definition) is 10. The Hall–Kier alpha value is -1.86. The van der Waals surface area contributed by atoms with Crippen LogP contribution < -0.4 is 5.32 Å². The van der Waals surface area contributed by atoms with Gasteiger partial charge >= 0.3 is 5.97 Å². The SMILES string of the molecule is CCCCCCC/C=C\CCCCCCCC(=O)OCCCCCCCCCCCCCC(=O)NC(COC1OC(CO)C(O)C(O)C1O)C(O)/C=C/CCCCCCCCC. The van der Waals surface area contributed by atoms with Crippen molar-refractivity contribution in [1.82, 2.24) is 5.32 Å². The zero-order chi connectivity index (χ0) is 45.3. The lowest BCUT2D eigenvalue weighted by Gasteiger charge is -2.40. The van der Waals surface area contributed by atoms with Gasteiger partial charge in [0, 0.05) is 12.8 Å². The van der Waals surface area contributed by atoms with Gasteiger partial charge in [-0.3, -0.25) is 9.59 Å². The number of rotatable bonds is 43. The Labute approximate surface area is 378 Å². The Kier molecular flexibility index (Phi) is 39.2. The summed E-state index contributed by atoms with van der Waals surface area (Å²) in [6.45, 7) is 4.22. The molecule has 364 valence electrons. The molecule has 0 aromatic carbocycles. The summed E-state index contributed by atoms with van der Waals surface area (Å²) < 4.78 is 16.6. The Morgan fingerprint density at radius 3 is 1.55 bits per heavy atom. The van der Waals surface area contributed by atoms with Crippen LogP contribution in [0.15, 0.2) is 24.3 Å². The third-order valence-corrected chi connectivity index (χ3v) is 12.1. The zero-order valence-corrected chi connectivity index (χ0v) is 39.6. The Bertz CT molecular complexity index is 1090. The molecule has 62 heavy (non-hydrogen) atoms. The molecule has 7 atom stereocenters. The Balaban J connectivity index is 2.14. The van der Waals surface area contributed by atoms with Gasteiger partial charge in [-0.2, -0.15) is 0 Å². The predicted octanol–water partition coefficient (Wildman–Crippen LogP) is 10.2. The highest BCUT2D eigenvalue weighted by Crippen LogP contribution is 2.23. The molecule has 7 unspecified atom stereocenters. The molecule has 0 bridgehead atoms. The van der Waals surface area contributed by atoms with Gasteiger partial charge < -0.3 is 45.1 Å². The van der Waals surface area contributed by atoms with E-state index in [0.717, 1.165) is 70.6 Å². The maximum Gasteiger partial charge on any atom is 0.305 e. The lowest BCUT2D eigenvalue weighted by atomic mass is 9.99. The summed E-state index contributed by atoms with van der Waals surface area (Å²) in [7, 11) is 0. The van der Waals surface area contributed by atoms with E-state index in [1.54, 1.807) is 6.08 Å². The van der Waals surface area contributed by atoms with Crippen LogP contribution in [0.3, 0.4) is 0 Å². The number of unbranched alkanes of at least 4 members (excludes halogenated alkanes) is 27. The molecule has 11 nitrogen and oxygen atoms in total. The second kappa shape index (κ2) is 41.8. The van der Waals surface area contributed by atoms with Crippen molar-refractivity contribution >= 4 is 11.9 Å². The van der Waals surface area contributed by atoms with Crippen LogP contribution in [0.25, 0.3) is 0 Å². The first kappa shape index (κ1) is 58.2. The molecule has 1 saturated heterocycles. The van der Waals surface area contributed by atoms with Crippen molar-refractivity contribution in [2.75, 3.05) is 19.8 Å². The summed E-state index contributed by atoms with van der Waals surface area (Å²) in [5.74, 6) is -0.253. The van der Waals surface area contributed by atoms with Crippen LogP contribution in [-0.2, 0) is 23.8 Å². The fraction of sp³-hybridized carbons (Fsp3) is 0.882. The van der Waals surface area contributed by atoms with Crippen molar-refractivity contribution < 1.29 is 49.3 Å². The first-order valence-corrected chi connectivity index (χ1v) is 25.6. The molecule has 0 aromatic rings. The molecule has 6 N–H and O–H groups in total. The van der Waals surface area contributed by atoms with Gasteiger partial charge in [-0.05, 0) is 57.8 Å². The topological polar surface area (TPSA) is 175 Å². The highest BCUT2D eigenvalue weighted by molar-refractivity contribution is 5.76. The summed E-state index contributed by atoms with van der Waals surface area (Å²) >= 11 is 0. The van der Waals surface area contributed by atoms with Gasteiger partial charge in [0.15, 0.2) is 6.29 Å². The average molecular weight is 882 g/mol. The molecular formula is C51H95NO10. The van der Waals surface area contributed by atoms with Gasteiger partial charge in [-0.15, -0.1) is 0 Å². The van der Waals surface area contributed by atoms with Crippen LogP contribution in [0.1, 0.15) is 226 Å². The maximum atomic E-state index is 12.9. The third kappa shape index (κ3) is 31.9. The average Bonchev–Trinajstić information content (AvgIpc) is 3.27. The fourth-order valence-corrected chi connectivity index (χ4v) is 7.90. The van der Waals surface area contributed by atoms with E-state index in [2.05, 4.69) is 31.3 Å². The van der Waals surface area contributed by atoms with Crippen molar-refractivity contribution in [3.8, 4) is 0 Å². The van der Waals surface area contributed by atoms with Crippen molar-refractivity contribution in [2.45, 2.75) is 269 Å². The molecular weight excluding hydrogens is 787 g/mol. The van der Waals surface area contributed by atoms with Crippen molar-refractivity contribution in [3.63, 3.8) is 0 Å². The van der Waals surface area contributed by atoms with Gasteiger partial charge in [0.25, 0.3) is 0 Å². The van der Waals surface area contributed by atoms with E-state index >= 15 is 0 Å². The molecule has 0 spiro atoms. The van der Waals surface area contributed by atoms with E-state index in [0.29, 0.717) is 19.4 Å². The highest BCUT2D eigenvalue weighted by Gasteiger charge is 2.44. The smallest absolute Gasteiger partial charge is 0.305 e. The molecule has 0 aliphatic carbocycles. The number of carbonyl (C=O) groups is 2. The van der Waals surface area contributed by atoms with Crippen LogP contribution in [-0.4, -0.2) is 100 Å². The van der Waals surface area contributed by atoms with Crippen molar-refractivity contribution in [2.24, 2.45) is 0 Å². The molecule has 1 rings (SSSR count). The lowest BCUT2D eigenvalue weighted by Crippen LogP contribution is -2.60. The van der Waals surface area contributed by atoms with Crippen LogP contribution in [0, 0.1) is 0 Å². The molecule has 1 aliphatic rings. The standard InChI is InChI=1S/C51H95NO10/c1-3-5-7-9-11-13-14-15-16-19-23-27-31-35-39-47(56)60-40-36-32-28-24-20-17-18-22-26-30-34-38-46(55)52-43(44(54)37-33-29-25-21-12-10-8-6-4-2)42-61-51-50(59)49(58)48(57)45(41-53)62-51/h14-15,33,37,43-45,48-51,53-54,57-59H,3-13,16-32,34-36,38-42H2,1-2H3,(H,52,55)/b15-14-,37-33+. The Morgan fingerprint density at radius 1 is 0.581 bits per heavy atom. The van der Waals surface area contributed by atoms with E-state index in [1.165, 1.54) is 128 Å². The molecule has 0 radical (unpaired) electrons. The second-order valence-electron chi connectivity index (χ2n) is 17.9. The van der Waals surface area contributed by atoms with Crippen LogP contribution >= 0.6 is 0 Å². The van der Waals surface area contributed by atoms with Crippen molar-refractivity contribution in [1.29, 1.82) is 0 Å². The van der Waals surface area contributed by atoms with Gasteiger partial charge in [0.05, 0.1) is 32.0 Å². The number of aliphatic hydroxyl groups excluding tert-OH is 5. The Morgan fingerprint density at radius 2 is 1.03 bits per heavy atom. The molecule has 1 fully saturated rings. The minimum absolute atomic E-state index is 0.0489. The van der Waals surface area contributed by atoms with Gasteiger partial charge in [0.2, 0.25) is 5.91 Å². The highest BCUT2D eigenvalue weighted by atomic mass is 16.7. The summed E-state index contributed by atoms with van der Waals surface area (Å²) in [6, 6.07) is -0.822.